The number of carbonyl (C=O) groups is 2. The van der Waals surface area contributed by atoms with Gasteiger partial charge in [0.1, 0.15) is 5.82 Å². The molecule has 2 amide bonds. The second kappa shape index (κ2) is 7.01. The summed E-state index contributed by atoms with van der Waals surface area (Å²) in [5.74, 6) is -1.46. The van der Waals surface area contributed by atoms with E-state index in [-0.39, 0.29) is 24.3 Å². The van der Waals surface area contributed by atoms with E-state index in [0.717, 1.165) is 5.56 Å². The lowest BCUT2D eigenvalue weighted by Gasteiger charge is -2.33. The topological polar surface area (TPSA) is 62.3 Å². The van der Waals surface area contributed by atoms with E-state index in [2.05, 4.69) is 10.3 Å². The third-order valence-corrected chi connectivity index (χ3v) is 4.33. The first kappa shape index (κ1) is 17.1. The summed E-state index contributed by atoms with van der Waals surface area (Å²) in [6.45, 7) is 4.28. The first-order valence-corrected chi connectivity index (χ1v) is 8.24. The number of carbonyl (C=O) groups excluding carboxylic acids is 2. The van der Waals surface area contributed by atoms with Gasteiger partial charge in [-0.1, -0.05) is 12.1 Å². The van der Waals surface area contributed by atoms with E-state index < -0.39 is 11.7 Å². The van der Waals surface area contributed by atoms with E-state index in [4.69, 9.17) is 0 Å². The summed E-state index contributed by atoms with van der Waals surface area (Å²) in [6.07, 6.45) is 3.47. The molecule has 1 aliphatic rings. The summed E-state index contributed by atoms with van der Waals surface area (Å²) in [4.78, 5) is 31.0. The van der Waals surface area contributed by atoms with Gasteiger partial charge in [-0.05, 0) is 43.2 Å². The van der Waals surface area contributed by atoms with Crippen molar-refractivity contribution >= 4 is 17.5 Å². The maximum absolute atomic E-state index is 13.5. The fourth-order valence-corrected chi connectivity index (χ4v) is 3.06. The average Bonchev–Trinajstić information content (AvgIpc) is 2.58. The number of nitrogens with one attached hydrogen (secondary N) is 1. The van der Waals surface area contributed by atoms with E-state index >= 15 is 0 Å². The molecule has 0 aliphatic carbocycles. The van der Waals surface area contributed by atoms with Crippen molar-refractivity contribution in [3.05, 3.63) is 59.7 Å². The van der Waals surface area contributed by atoms with Gasteiger partial charge >= 0.3 is 0 Å². The Balaban J connectivity index is 1.91. The summed E-state index contributed by atoms with van der Waals surface area (Å²) in [6, 6.07) is 7.85. The van der Waals surface area contributed by atoms with Gasteiger partial charge in [-0.15, -0.1) is 0 Å². The molecule has 2 heterocycles. The summed E-state index contributed by atoms with van der Waals surface area (Å²) < 4.78 is 13.5. The van der Waals surface area contributed by atoms with Crippen LogP contribution in [0.2, 0.25) is 0 Å². The van der Waals surface area contributed by atoms with Crippen LogP contribution >= 0.6 is 0 Å². The number of hydrogen-bond donors (Lipinski definition) is 1. The Bertz CT molecular complexity index is 793. The molecule has 25 heavy (non-hydrogen) atoms. The van der Waals surface area contributed by atoms with Crippen LogP contribution < -0.4 is 5.32 Å². The molecule has 1 N–H and O–H groups in total. The molecule has 1 atom stereocenters. The van der Waals surface area contributed by atoms with Crippen LogP contribution in [0.25, 0.3) is 0 Å². The highest BCUT2D eigenvalue weighted by Crippen LogP contribution is 2.34. The highest BCUT2D eigenvalue weighted by atomic mass is 19.1. The Hall–Kier alpha value is -2.76. The zero-order valence-corrected chi connectivity index (χ0v) is 14.2. The molecule has 130 valence electrons. The van der Waals surface area contributed by atoms with Crippen LogP contribution in [0.15, 0.2) is 42.7 Å². The van der Waals surface area contributed by atoms with Crippen molar-refractivity contribution < 1.29 is 14.0 Å². The molecule has 0 radical (unpaired) electrons. The number of hydrogen-bond acceptors (Lipinski definition) is 3. The van der Waals surface area contributed by atoms with E-state index in [1.807, 2.05) is 26.0 Å². The number of anilines is 1. The number of pyridine rings is 1. The Morgan fingerprint density at radius 2 is 2.20 bits per heavy atom. The van der Waals surface area contributed by atoms with Crippen molar-refractivity contribution in [2.24, 2.45) is 0 Å². The highest BCUT2D eigenvalue weighted by molar-refractivity contribution is 6.01. The van der Waals surface area contributed by atoms with Gasteiger partial charge in [0.25, 0.3) is 0 Å². The molecule has 0 spiro atoms. The maximum Gasteiger partial charge on any atom is 0.231 e. The molecule has 3 rings (SSSR count). The molecular formula is C19H20FN3O2. The zero-order chi connectivity index (χ0) is 18.0. The molecule has 1 aromatic heterocycles. The third-order valence-electron chi connectivity index (χ3n) is 4.33. The Morgan fingerprint density at radius 1 is 1.40 bits per heavy atom. The summed E-state index contributed by atoms with van der Waals surface area (Å²) in [5.41, 5.74) is 1.95. The Labute approximate surface area is 145 Å². The van der Waals surface area contributed by atoms with Crippen LogP contribution in [0.1, 0.15) is 37.3 Å². The highest BCUT2D eigenvalue weighted by Gasteiger charge is 2.34. The predicted molar refractivity (Wildman–Crippen MR) is 92.3 cm³/mol. The number of amides is 2. The second-order valence-electron chi connectivity index (χ2n) is 6.46. The third kappa shape index (κ3) is 3.68. The number of fused-ring (bicyclic) bond motifs is 1. The summed E-state index contributed by atoms with van der Waals surface area (Å²) in [5, 5.41) is 2.64. The van der Waals surface area contributed by atoms with E-state index in [0.29, 0.717) is 17.8 Å². The van der Waals surface area contributed by atoms with Crippen LogP contribution in [0.3, 0.4) is 0 Å². The number of aromatic nitrogens is 1. The molecule has 1 unspecified atom stereocenters. The lowest BCUT2D eigenvalue weighted by Crippen LogP contribution is -2.42. The van der Waals surface area contributed by atoms with Gasteiger partial charge in [0.2, 0.25) is 11.8 Å². The van der Waals surface area contributed by atoms with Gasteiger partial charge in [0.05, 0.1) is 5.92 Å². The molecule has 0 fully saturated rings. The molecule has 6 heteroatoms. The standard InChI is InChI=1S/C19H20FN3O2/c1-12(2)23(11-13-4-3-7-21-10-13)19(25)16-9-18(24)22-17-8-14(20)5-6-15(16)17/h3-8,10,12,16H,9,11H2,1-2H3,(H,22,24). The molecule has 2 aromatic rings. The van der Waals surface area contributed by atoms with Crippen LogP contribution in [0.4, 0.5) is 10.1 Å². The largest absolute Gasteiger partial charge is 0.335 e. The predicted octanol–water partition coefficient (Wildman–Crippen LogP) is 3.08. The quantitative estimate of drug-likeness (QED) is 0.929. The van der Waals surface area contributed by atoms with Crippen molar-refractivity contribution in [2.45, 2.75) is 38.8 Å². The minimum absolute atomic E-state index is 0.0402. The maximum atomic E-state index is 13.5. The molecule has 0 saturated heterocycles. The van der Waals surface area contributed by atoms with Crippen molar-refractivity contribution in [1.82, 2.24) is 9.88 Å². The van der Waals surface area contributed by atoms with Crippen LogP contribution in [0, 0.1) is 5.82 Å². The smallest absolute Gasteiger partial charge is 0.231 e. The molecule has 5 nitrogen and oxygen atoms in total. The minimum Gasteiger partial charge on any atom is -0.335 e. The summed E-state index contributed by atoms with van der Waals surface area (Å²) in [7, 11) is 0. The first-order valence-electron chi connectivity index (χ1n) is 8.24. The van der Waals surface area contributed by atoms with E-state index in [9.17, 15) is 14.0 Å². The van der Waals surface area contributed by atoms with Gasteiger partial charge in [-0.2, -0.15) is 0 Å². The van der Waals surface area contributed by atoms with Crippen LogP contribution in [0.5, 0.6) is 0 Å². The molecule has 0 bridgehead atoms. The van der Waals surface area contributed by atoms with E-state index in [1.54, 1.807) is 23.4 Å². The van der Waals surface area contributed by atoms with Crippen molar-refractivity contribution in [2.75, 3.05) is 5.32 Å². The lowest BCUT2D eigenvalue weighted by atomic mass is 9.88. The number of rotatable bonds is 4. The lowest BCUT2D eigenvalue weighted by molar-refractivity contribution is -0.137. The Morgan fingerprint density at radius 3 is 2.88 bits per heavy atom. The molecule has 0 saturated carbocycles. The van der Waals surface area contributed by atoms with Crippen LogP contribution in [-0.4, -0.2) is 27.7 Å². The Kier molecular flexibility index (Phi) is 4.79. The normalized spacial score (nSPS) is 16.3. The fourth-order valence-electron chi connectivity index (χ4n) is 3.06. The minimum atomic E-state index is -0.608. The van der Waals surface area contributed by atoms with Crippen LogP contribution in [-0.2, 0) is 16.1 Å². The van der Waals surface area contributed by atoms with Gasteiger partial charge in [-0.25, -0.2) is 4.39 Å². The molecule has 1 aromatic carbocycles. The van der Waals surface area contributed by atoms with Gasteiger partial charge in [0.15, 0.2) is 0 Å². The zero-order valence-electron chi connectivity index (χ0n) is 14.2. The summed E-state index contributed by atoms with van der Waals surface area (Å²) >= 11 is 0. The number of nitrogens with zero attached hydrogens (tertiary/aromatic N) is 2. The number of benzene rings is 1. The van der Waals surface area contributed by atoms with Crippen molar-refractivity contribution in [1.29, 1.82) is 0 Å². The SMILES string of the molecule is CC(C)N(Cc1cccnc1)C(=O)C1CC(=O)Nc2cc(F)ccc21. The molecule has 1 aliphatic heterocycles. The van der Waals surface area contributed by atoms with Gasteiger partial charge < -0.3 is 10.2 Å². The molecular weight excluding hydrogens is 321 g/mol. The van der Waals surface area contributed by atoms with Gasteiger partial charge in [-0.3, -0.25) is 14.6 Å². The average molecular weight is 341 g/mol. The monoisotopic (exact) mass is 341 g/mol. The van der Waals surface area contributed by atoms with Crippen molar-refractivity contribution in [3.63, 3.8) is 0 Å². The van der Waals surface area contributed by atoms with Crippen molar-refractivity contribution in [3.8, 4) is 0 Å². The van der Waals surface area contributed by atoms with E-state index in [1.165, 1.54) is 12.1 Å². The van der Waals surface area contributed by atoms with Gasteiger partial charge in [0, 0.05) is 37.1 Å². The first-order chi connectivity index (χ1) is 12.0. The number of halogens is 1. The fraction of sp³-hybridized carbons (Fsp3) is 0.316. The second-order valence-corrected chi connectivity index (χ2v) is 6.46.